The summed E-state index contributed by atoms with van der Waals surface area (Å²) in [6, 6.07) is 7.72. The van der Waals surface area contributed by atoms with Crippen LogP contribution in [0.3, 0.4) is 0 Å². The van der Waals surface area contributed by atoms with Crippen LogP contribution in [0.25, 0.3) is 0 Å². The number of piperidine rings is 1. The molecule has 7 heteroatoms. The maximum Gasteiger partial charge on any atom is 0.253 e. The first kappa shape index (κ1) is 24.7. The van der Waals surface area contributed by atoms with Gasteiger partial charge in [0.05, 0.1) is 0 Å². The highest BCUT2D eigenvalue weighted by molar-refractivity contribution is 14.0. The minimum absolute atomic E-state index is 0. The van der Waals surface area contributed by atoms with E-state index in [-0.39, 0.29) is 29.9 Å². The van der Waals surface area contributed by atoms with Crippen LogP contribution in [0.4, 0.5) is 0 Å². The Kier molecular flexibility index (Phi) is 11.4. The lowest BCUT2D eigenvalue weighted by atomic mass is 9.97. The molecule has 0 saturated carbocycles. The summed E-state index contributed by atoms with van der Waals surface area (Å²) in [6.07, 6.45) is 3.75. The van der Waals surface area contributed by atoms with Crippen LogP contribution in [0.5, 0.6) is 0 Å². The molecule has 1 aliphatic heterocycles. The van der Waals surface area contributed by atoms with Gasteiger partial charge in [0.15, 0.2) is 5.96 Å². The zero-order valence-electron chi connectivity index (χ0n) is 17.7. The Morgan fingerprint density at radius 3 is 2.36 bits per heavy atom. The number of benzene rings is 1. The van der Waals surface area contributed by atoms with E-state index in [4.69, 9.17) is 0 Å². The number of nitrogens with zero attached hydrogens (tertiary/aromatic N) is 3. The summed E-state index contributed by atoms with van der Waals surface area (Å²) in [4.78, 5) is 20.4. The standard InChI is InChI=1S/C21H35N5O.HI/c1-5-12-26-13-10-18(11-14-26)16-24-21(22-2)23-15-17-6-8-19(9-7-17)20(27)25(3)4;/h6-9,18H,5,10-16H2,1-4H3,(H2,22,23,24);1H. The van der Waals surface area contributed by atoms with Crippen LogP contribution in [0.15, 0.2) is 29.3 Å². The van der Waals surface area contributed by atoms with E-state index in [1.807, 2.05) is 24.3 Å². The summed E-state index contributed by atoms with van der Waals surface area (Å²) in [6.45, 7) is 7.55. The SMILES string of the molecule is CCCN1CCC(CNC(=NC)NCc2ccc(C(=O)N(C)C)cc2)CC1.I. The van der Waals surface area contributed by atoms with Crippen molar-refractivity contribution in [3.63, 3.8) is 0 Å². The Balaban J connectivity index is 0.00000392. The molecule has 0 atom stereocenters. The number of halogens is 1. The first-order valence-corrected chi connectivity index (χ1v) is 10.0. The van der Waals surface area contributed by atoms with Gasteiger partial charge in [0.25, 0.3) is 5.91 Å². The lowest BCUT2D eigenvalue weighted by Crippen LogP contribution is -2.42. The summed E-state index contributed by atoms with van der Waals surface area (Å²) in [5.74, 6) is 1.57. The number of aliphatic imine (C=N–C) groups is 1. The predicted molar refractivity (Wildman–Crippen MR) is 128 cm³/mol. The molecule has 1 fully saturated rings. The molecule has 2 rings (SSSR count). The highest BCUT2D eigenvalue weighted by Gasteiger charge is 2.18. The number of guanidine groups is 1. The molecule has 6 nitrogen and oxygen atoms in total. The van der Waals surface area contributed by atoms with E-state index in [9.17, 15) is 4.79 Å². The molecule has 28 heavy (non-hydrogen) atoms. The second-order valence-corrected chi connectivity index (χ2v) is 7.49. The van der Waals surface area contributed by atoms with E-state index < -0.39 is 0 Å². The van der Waals surface area contributed by atoms with Crippen molar-refractivity contribution in [2.75, 3.05) is 47.3 Å². The number of nitrogens with one attached hydrogen (secondary N) is 2. The minimum atomic E-state index is 0. The lowest BCUT2D eigenvalue weighted by molar-refractivity contribution is 0.0827. The quantitative estimate of drug-likeness (QED) is 0.343. The van der Waals surface area contributed by atoms with Crippen LogP contribution in [0, 0.1) is 5.92 Å². The largest absolute Gasteiger partial charge is 0.356 e. The third-order valence-corrected chi connectivity index (χ3v) is 5.10. The van der Waals surface area contributed by atoms with Crippen LogP contribution in [0.1, 0.15) is 42.1 Å². The number of hydrogen-bond donors (Lipinski definition) is 2. The van der Waals surface area contributed by atoms with Crippen molar-refractivity contribution < 1.29 is 4.79 Å². The van der Waals surface area contributed by atoms with Gasteiger partial charge < -0.3 is 20.4 Å². The van der Waals surface area contributed by atoms with Gasteiger partial charge in [0, 0.05) is 39.8 Å². The van der Waals surface area contributed by atoms with Crippen molar-refractivity contribution in [3.05, 3.63) is 35.4 Å². The second kappa shape index (κ2) is 13.0. The molecular formula is C21H36IN5O. The van der Waals surface area contributed by atoms with Gasteiger partial charge >= 0.3 is 0 Å². The van der Waals surface area contributed by atoms with E-state index >= 15 is 0 Å². The van der Waals surface area contributed by atoms with Gasteiger partial charge in [0.1, 0.15) is 0 Å². The number of likely N-dealkylation sites (tertiary alicyclic amines) is 1. The number of carbonyl (C=O) groups excluding carboxylic acids is 1. The van der Waals surface area contributed by atoms with Crippen LogP contribution < -0.4 is 10.6 Å². The Hall–Kier alpha value is -1.35. The molecule has 0 bridgehead atoms. The topological polar surface area (TPSA) is 60.0 Å². The van der Waals surface area contributed by atoms with E-state index in [1.165, 1.54) is 38.9 Å². The van der Waals surface area contributed by atoms with E-state index in [2.05, 4.69) is 27.4 Å². The van der Waals surface area contributed by atoms with Gasteiger partial charge in [-0.05, 0) is 62.5 Å². The first-order valence-electron chi connectivity index (χ1n) is 10.0. The zero-order valence-corrected chi connectivity index (χ0v) is 20.0. The molecule has 1 aliphatic rings. The molecule has 1 heterocycles. The fraction of sp³-hybridized carbons (Fsp3) is 0.619. The van der Waals surface area contributed by atoms with Crippen molar-refractivity contribution >= 4 is 35.8 Å². The molecule has 1 aromatic carbocycles. The van der Waals surface area contributed by atoms with Crippen molar-refractivity contribution in [1.29, 1.82) is 0 Å². The third-order valence-electron chi connectivity index (χ3n) is 5.10. The summed E-state index contributed by atoms with van der Waals surface area (Å²) in [5, 5.41) is 6.82. The third kappa shape index (κ3) is 7.95. The normalized spacial score (nSPS) is 15.6. The smallest absolute Gasteiger partial charge is 0.253 e. The maximum atomic E-state index is 11.9. The van der Waals surface area contributed by atoms with Crippen LogP contribution >= 0.6 is 24.0 Å². The fourth-order valence-electron chi connectivity index (χ4n) is 3.40. The second-order valence-electron chi connectivity index (χ2n) is 7.49. The summed E-state index contributed by atoms with van der Waals surface area (Å²) < 4.78 is 0. The van der Waals surface area contributed by atoms with Gasteiger partial charge in [-0.25, -0.2) is 0 Å². The summed E-state index contributed by atoms with van der Waals surface area (Å²) in [5.41, 5.74) is 1.84. The van der Waals surface area contributed by atoms with Crippen LogP contribution in [-0.4, -0.2) is 69.0 Å². The molecule has 0 radical (unpaired) electrons. The monoisotopic (exact) mass is 501 g/mol. The first-order chi connectivity index (χ1) is 13.0. The van der Waals surface area contributed by atoms with Crippen LogP contribution in [0.2, 0.25) is 0 Å². The number of rotatable bonds is 7. The van der Waals surface area contributed by atoms with Gasteiger partial charge in [-0.3, -0.25) is 9.79 Å². The fourth-order valence-corrected chi connectivity index (χ4v) is 3.40. The minimum Gasteiger partial charge on any atom is -0.356 e. The van der Waals surface area contributed by atoms with Crippen molar-refractivity contribution in [3.8, 4) is 0 Å². The predicted octanol–water partition coefficient (Wildman–Crippen LogP) is 2.79. The van der Waals surface area contributed by atoms with Gasteiger partial charge in [0.2, 0.25) is 0 Å². The zero-order chi connectivity index (χ0) is 19.6. The number of hydrogen-bond acceptors (Lipinski definition) is 3. The molecule has 1 aromatic rings. The summed E-state index contributed by atoms with van der Waals surface area (Å²) >= 11 is 0. The van der Waals surface area contributed by atoms with Crippen molar-refractivity contribution in [2.45, 2.75) is 32.7 Å². The van der Waals surface area contributed by atoms with Crippen molar-refractivity contribution in [2.24, 2.45) is 10.9 Å². The average molecular weight is 501 g/mol. The maximum absolute atomic E-state index is 11.9. The Morgan fingerprint density at radius 1 is 1.18 bits per heavy atom. The molecule has 158 valence electrons. The number of amides is 1. The van der Waals surface area contributed by atoms with Crippen LogP contribution in [-0.2, 0) is 6.54 Å². The van der Waals surface area contributed by atoms with E-state index in [1.54, 1.807) is 26.0 Å². The van der Waals surface area contributed by atoms with Gasteiger partial charge in [-0.1, -0.05) is 19.1 Å². The molecule has 0 unspecified atom stereocenters. The highest BCUT2D eigenvalue weighted by atomic mass is 127. The van der Waals surface area contributed by atoms with Gasteiger partial charge in [-0.2, -0.15) is 0 Å². The van der Waals surface area contributed by atoms with Crippen molar-refractivity contribution in [1.82, 2.24) is 20.4 Å². The molecule has 1 amide bonds. The molecule has 0 spiro atoms. The highest BCUT2D eigenvalue weighted by Crippen LogP contribution is 2.16. The molecular weight excluding hydrogens is 465 g/mol. The Labute approximate surface area is 187 Å². The lowest BCUT2D eigenvalue weighted by Gasteiger charge is -2.32. The Morgan fingerprint density at radius 2 is 1.82 bits per heavy atom. The Bertz CT molecular complexity index is 610. The van der Waals surface area contributed by atoms with E-state index in [0.717, 1.165) is 18.1 Å². The molecule has 0 aromatic heterocycles. The molecule has 1 saturated heterocycles. The summed E-state index contributed by atoms with van der Waals surface area (Å²) in [7, 11) is 5.33. The average Bonchev–Trinajstić information content (AvgIpc) is 2.69. The molecule has 2 N–H and O–H groups in total. The van der Waals surface area contributed by atoms with Gasteiger partial charge in [-0.15, -0.1) is 24.0 Å². The molecule has 0 aliphatic carbocycles. The number of carbonyl (C=O) groups is 1. The van der Waals surface area contributed by atoms with E-state index in [0.29, 0.717) is 18.0 Å².